The molecule has 0 atom stereocenters. The van der Waals surface area contributed by atoms with Crippen molar-refractivity contribution in [3.63, 3.8) is 0 Å². The number of halogens is 4. The molecule has 0 saturated heterocycles. The Balaban J connectivity index is 2.48. The maximum Gasteiger partial charge on any atom is 0.427 e. The fourth-order valence-electron chi connectivity index (χ4n) is 2.04. The molecule has 0 radical (unpaired) electrons. The zero-order valence-electron chi connectivity index (χ0n) is 12.0. The molecule has 0 aromatic heterocycles. The Labute approximate surface area is 136 Å². The lowest BCUT2D eigenvalue weighted by molar-refractivity contribution is -0.134. The highest BCUT2D eigenvalue weighted by molar-refractivity contribution is 6.39. The Morgan fingerprint density at radius 2 is 1.48 bits per heavy atom. The molecule has 2 nitrogen and oxygen atoms in total. The standard InChI is InChI=1S/C17H12ClF3O2/c1-23-16(22)14(15(18)17(19,20)21)13-9-7-12(8-10-13)11-5-3-2-4-6-11/h2-10H,1H3/b15-14+. The van der Waals surface area contributed by atoms with Gasteiger partial charge in [0.25, 0.3) is 0 Å². The van der Waals surface area contributed by atoms with Crippen LogP contribution in [0.5, 0.6) is 0 Å². The van der Waals surface area contributed by atoms with Crippen LogP contribution in [-0.4, -0.2) is 19.3 Å². The van der Waals surface area contributed by atoms with Gasteiger partial charge in [-0.05, 0) is 16.7 Å². The van der Waals surface area contributed by atoms with Gasteiger partial charge in [-0.25, -0.2) is 4.79 Å². The molecule has 0 saturated carbocycles. The number of carbonyl (C=O) groups is 1. The quantitative estimate of drug-likeness (QED) is 0.578. The van der Waals surface area contributed by atoms with E-state index in [1.807, 2.05) is 30.3 Å². The Bertz CT molecular complexity index is 720. The van der Waals surface area contributed by atoms with Gasteiger partial charge in [-0.2, -0.15) is 13.2 Å². The molecule has 0 unspecified atom stereocenters. The Morgan fingerprint density at radius 1 is 0.957 bits per heavy atom. The van der Waals surface area contributed by atoms with Crippen LogP contribution in [0.4, 0.5) is 13.2 Å². The number of allylic oxidation sites excluding steroid dienone is 1. The zero-order chi connectivity index (χ0) is 17.0. The van der Waals surface area contributed by atoms with E-state index in [9.17, 15) is 18.0 Å². The van der Waals surface area contributed by atoms with E-state index >= 15 is 0 Å². The van der Waals surface area contributed by atoms with Gasteiger partial charge in [-0.15, -0.1) is 0 Å². The highest BCUT2D eigenvalue weighted by atomic mass is 35.5. The summed E-state index contributed by atoms with van der Waals surface area (Å²) < 4.78 is 42.9. The van der Waals surface area contributed by atoms with Crippen LogP contribution in [0.25, 0.3) is 16.7 Å². The first-order valence-electron chi connectivity index (χ1n) is 6.55. The van der Waals surface area contributed by atoms with Crippen molar-refractivity contribution >= 4 is 23.1 Å². The van der Waals surface area contributed by atoms with E-state index in [4.69, 9.17) is 11.6 Å². The lowest BCUT2D eigenvalue weighted by Gasteiger charge is -2.12. The summed E-state index contributed by atoms with van der Waals surface area (Å²) in [4.78, 5) is 11.7. The second-order valence-electron chi connectivity index (χ2n) is 4.62. The molecule has 0 aliphatic rings. The molecule has 2 rings (SSSR count). The van der Waals surface area contributed by atoms with Crippen molar-refractivity contribution in [2.24, 2.45) is 0 Å². The highest BCUT2D eigenvalue weighted by Crippen LogP contribution is 2.36. The predicted octanol–water partition coefficient (Wildman–Crippen LogP) is 5.04. The van der Waals surface area contributed by atoms with E-state index < -0.39 is 22.8 Å². The number of methoxy groups -OCH3 is 1. The number of rotatable bonds is 3. The van der Waals surface area contributed by atoms with Crippen molar-refractivity contribution in [3.8, 4) is 11.1 Å². The zero-order valence-corrected chi connectivity index (χ0v) is 12.8. The number of benzene rings is 2. The fraction of sp³-hybridized carbons (Fsp3) is 0.118. The van der Waals surface area contributed by atoms with E-state index in [-0.39, 0.29) is 5.56 Å². The summed E-state index contributed by atoms with van der Waals surface area (Å²) in [5.41, 5.74) is 1.05. The Hall–Kier alpha value is -2.27. The van der Waals surface area contributed by atoms with Gasteiger partial charge >= 0.3 is 12.1 Å². The molecule has 120 valence electrons. The third kappa shape index (κ3) is 3.93. The van der Waals surface area contributed by atoms with Crippen molar-refractivity contribution in [1.82, 2.24) is 0 Å². The molecule has 2 aromatic carbocycles. The molecule has 0 bridgehead atoms. The molecule has 0 heterocycles. The maximum absolute atomic E-state index is 12.8. The monoisotopic (exact) mass is 340 g/mol. The summed E-state index contributed by atoms with van der Waals surface area (Å²) in [7, 11) is 1.00. The average Bonchev–Trinajstić information content (AvgIpc) is 2.55. The lowest BCUT2D eigenvalue weighted by atomic mass is 10.00. The molecule has 0 aliphatic heterocycles. The van der Waals surface area contributed by atoms with Gasteiger partial charge in [0, 0.05) is 0 Å². The van der Waals surface area contributed by atoms with Crippen LogP contribution in [-0.2, 0) is 9.53 Å². The van der Waals surface area contributed by atoms with Crippen molar-refractivity contribution in [3.05, 3.63) is 65.2 Å². The summed E-state index contributed by atoms with van der Waals surface area (Å²) in [5, 5.41) is -1.50. The molecular weight excluding hydrogens is 329 g/mol. The Morgan fingerprint density at radius 3 is 1.96 bits per heavy atom. The van der Waals surface area contributed by atoms with Gasteiger partial charge in [0.05, 0.1) is 12.7 Å². The van der Waals surface area contributed by atoms with Crippen LogP contribution in [0.3, 0.4) is 0 Å². The van der Waals surface area contributed by atoms with E-state index in [0.717, 1.165) is 18.2 Å². The second-order valence-corrected chi connectivity index (χ2v) is 5.00. The second kappa shape index (κ2) is 6.87. The molecular formula is C17H12ClF3O2. The number of ether oxygens (including phenoxy) is 1. The van der Waals surface area contributed by atoms with Crippen molar-refractivity contribution in [2.45, 2.75) is 6.18 Å². The van der Waals surface area contributed by atoms with Gasteiger partial charge in [-0.1, -0.05) is 66.2 Å². The van der Waals surface area contributed by atoms with Crippen LogP contribution in [0.1, 0.15) is 5.56 Å². The summed E-state index contributed by atoms with van der Waals surface area (Å²) in [6.45, 7) is 0. The van der Waals surface area contributed by atoms with Crippen LogP contribution >= 0.6 is 11.6 Å². The Kier molecular flexibility index (Phi) is 5.11. The third-order valence-electron chi connectivity index (χ3n) is 3.14. The van der Waals surface area contributed by atoms with Gasteiger partial charge in [0.15, 0.2) is 0 Å². The molecule has 23 heavy (non-hydrogen) atoms. The molecule has 0 spiro atoms. The van der Waals surface area contributed by atoms with Crippen LogP contribution < -0.4 is 0 Å². The number of hydrogen-bond acceptors (Lipinski definition) is 2. The normalized spacial score (nSPS) is 12.6. The van der Waals surface area contributed by atoms with Crippen molar-refractivity contribution in [1.29, 1.82) is 0 Å². The van der Waals surface area contributed by atoms with Gasteiger partial charge in [0.1, 0.15) is 5.03 Å². The lowest BCUT2D eigenvalue weighted by Crippen LogP contribution is -2.15. The van der Waals surface area contributed by atoms with E-state index in [1.54, 1.807) is 12.1 Å². The van der Waals surface area contributed by atoms with Crippen molar-refractivity contribution < 1.29 is 22.7 Å². The minimum Gasteiger partial charge on any atom is -0.465 e. The van der Waals surface area contributed by atoms with Gasteiger partial charge in [-0.3, -0.25) is 0 Å². The number of carbonyl (C=O) groups excluding carboxylic acids is 1. The van der Waals surface area contributed by atoms with Gasteiger partial charge in [0.2, 0.25) is 0 Å². The molecule has 2 aromatic rings. The SMILES string of the molecule is COC(=O)/C(=C(/Cl)C(F)(F)F)c1ccc(-c2ccccc2)cc1. The third-order valence-corrected chi connectivity index (χ3v) is 3.54. The highest BCUT2D eigenvalue weighted by Gasteiger charge is 2.38. The molecule has 0 aliphatic carbocycles. The molecule has 0 N–H and O–H groups in total. The van der Waals surface area contributed by atoms with E-state index in [0.29, 0.717) is 0 Å². The molecule has 6 heteroatoms. The first kappa shape index (κ1) is 17.1. The number of esters is 1. The smallest absolute Gasteiger partial charge is 0.427 e. The maximum atomic E-state index is 12.8. The minimum absolute atomic E-state index is 0.0406. The van der Waals surface area contributed by atoms with Gasteiger partial charge < -0.3 is 4.74 Å². The summed E-state index contributed by atoms with van der Waals surface area (Å²) in [5.74, 6) is -1.14. The van der Waals surface area contributed by atoms with Crippen LogP contribution in [0.2, 0.25) is 0 Å². The average molecular weight is 341 g/mol. The fourth-order valence-corrected chi connectivity index (χ4v) is 2.22. The first-order chi connectivity index (χ1) is 10.8. The number of alkyl halides is 3. The molecule has 0 fully saturated rings. The van der Waals surface area contributed by atoms with Crippen molar-refractivity contribution in [2.75, 3.05) is 7.11 Å². The predicted molar refractivity (Wildman–Crippen MR) is 82.7 cm³/mol. The van der Waals surface area contributed by atoms with Crippen LogP contribution in [0, 0.1) is 0 Å². The number of hydrogen-bond donors (Lipinski definition) is 0. The summed E-state index contributed by atoms with van der Waals surface area (Å²) in [6, 6.07) is 15.4. The first-order valence-corrected chi connectivity index (χ1v) is 6.93. The summed E-state index contributed by atoms with van der Waals surface area (Å²) >= 11 is 5.34. The van der Waals surface area contributed by atoms with E-state index in [1.165, 1.54) is 12.1 Å². The van der Waals surface area contributed by atoms with E-state index in [2.05, 4.69) is 4.74 Å². The summed E-state index contributed by atoms with van der Waals surface area (Å²) in [6.07, 6.45) is -4.83. The molecule has 0 amide bonds. The largest absolute Gasteiger partial charge is 0.465 e. The topological polar surface area (TPSA) is 26.3 Å². The minimum atomic E-state index is -4.83. The van der Waals surface area contributed by atoms with Crippen LogP contribution in [0.15, 0.2) is 59.6 Å².